The zero-order valence-electron chi connectivity index (χ0n) is 10.9. The third-order valence-electron chi connectivity index (χ3n) is 3.39. The van der Waals surface area contributed by atoms with Crippen LogP contribution >= 0.6 is 0 Å². The van der Waals surface area contributed by atoms with Gasteiger partial charge in [0.25, 0.3) is 6.92 Å². The van der Waals surface area contributed by atoms with Crippen molar-refractivity contribution in [1.29, 1.82) is 0 Å². The molecule has 0 aromatic rings. The maximum atomic E-state index is 8.82. The van der Waals surface area contributed by atoms with Crippen LogP contribution in [0.2, 0.25) is 12.6 Å². The van der Waals surface area contributed by atoms with Gasteiger partial charge in [0.2, 0.25) is 0 Å². The Morgan fingerprint density at radius 3 is 2.06 bits per heavy atom. The van der Waals surface area contributed by atoms with Gasteiger partial charge in [0, 0.05) is 5.94 Å². The summed E-state index contributed by atoms with van der Waals surface area (Å²) in [5.41, 5.74) is 0. The molecule has 3 N–H and O–H groups in total. The van der Waals surface area contributed by atoms with Crippen LogP contribution in [0.25, 0.3) is 0 Å². The van der Waals surface area contributed by atoms with Crippen molar-refractivity contribution in [2.24, 2.45) is 0 Å². The molecule has 4 nitrogen and oxygen atoms in total. The van der Waals surface area contributed by atoms with Gasteiger partial charge in [-0.2, -0.15) is 0 Å². The van der Waals surface area contributed by atoms with Crippen molar-refractivity contribution in [2.45, 2.75) is 51.7 Å². The zero-order chi connectivity index (χ0) is 12.7. The average molecular weight is 229 g/mol. The van der Waals surface area contributed by atoms with Crippen LogP contribution in [-0.2, 0) is 0 Å². The van der Waals surface area contributed by atoms with Crippen LogP contribution in [0.4, 0.5) is 0 Å². The Bertz CT molecular complexity index is 181. The molecule has 1 saturated heterocycles. The van der Waals surface area contributed by atoms with E-state index in [4.69, 9.17) is 15.1 Å². The highest BCUT2D eigenvalue weighted by atomic mass is 16.4. The van der Waals surface area contributed by atoms with E-state index in [-0.39, 0.29) is 12.9 Å². The SMILES string of the molecule is CCC(C)B(C)O.CN1CCCC1B(O)O. The van der Waals surface area contributed by atoms with Gasteiger partial charge < -0.3 is 20.0 Å². The zero-order valence-corrected chi connectivity index (χ0v) is 10.9. The minimum atomic E-state index is -1.16. The van der Waals surface area contributed by atoms with Crippen LogP contribution in [0.3, 0.4) is 0 Å². The van der Waals surface area contributed by atoms with E-state index in [1.54, 1.807) is 0 Å². The lowest BCUT2D eigenvalue weighted by Crippen LogP contribution is -2.39. The normalized spacial score (nSPS) is 22.3. The Balaban J connectivity index is 0.000000293. The van der Waals surface area contributed by atoms with E-state index in [1.807, 2.05) is 25.7 Å². The van der Waals surface area contributed by atoms with Crippen molar-refractivity contribution in [3.05, 3.63) is 0 Å². The molecular weight excluding hydrogens is 204 g/mol. The number of rotatable bonds is 3. The second-order valence-corrected chi connectivity index (χ2v) is 4.73. The Hall–Kier alpha value is -0.0301. The van der Waals surface area contributed by atoms with E-state index < -0.39 is 7.12 Å². The van der Waals surface area contributed by atoms with Crippen molar-refractivity contribution in [3.8, 4) is 0 Å². The molecule has 0 bridgehead atoms. The van der Waals surface area contributed by atoms with Gasteiger partial charge in [-0.15, -0.1) is 0 Å². The van der Waals surface area contributed by atoms with Crippen LogP contribution in [0, 0.1) is 0 Å². The van der Waals surface area contributed by atoms with Crippen LogP contribution in [0.15, 0.2) is 0 Å². The summed E-state index contributed by atoms with van der Waals surface area (Å²) in [6, 6.07) is 0. The Morgan fingerprint density at radius 2 is 1.94 bits per heavy atom. The van der Waals surface area contributed by atoms with E-state index in [0.29, 0.717) is 5.82 Å². The Morgan fingerprint density at radius 1 is 1.38 bits per heavy atom. The van der Waals surface area contributed by atoms with Gasteiger partial charge in [0.15, 0.2) is 0 Å². The van der Waals surface area contributed by atoms with Crippen LogP contribution in [0.1, 0.15) is 33.1 Å². The predicted octanol–water partition coefficient (Wildman–Crippen LogP) is 0.493. The summed E-state index contributed by atoms with van der Waals surface area (Å²) in [5, 5.41) is 26.3. The van der Waals surface area contributed by atoms with Crippen molar-refractivity contribution >= 4 is 14.0 Å². The fourth-order valence-electron chi connectivity index (χ4n) is 1.65. The van der Waals surface area contributed by atoms with E-state index in [9.17, 15) is 0 Å². The Kier molecular flexibility index (Phi) is 8.10. The highest BCUT2D eigenvalue weighted by molar-refractivity contribution is 6.50. The lowest BCUT2D eigenvalue weighted by Gasteiger charge is -2.17. The number of likely N-dealkylation sites (tertiary alicyclic amines) is 1. The molecule has 2 atom stereocenters. The smallest absolute Gasteiger partial charge is 0.450 e. The fourth-order valence-corrected chi connectivity index (χ4v) is 1.65. The van der Waals surface area contributed by atoms with Gasteiger partial charge in [-0.3, -0.25) is 0 Å². The lowest BCUT2D eigenvalue weighted by atomic mass is 9.59. The van der Waals surface area contributed by atoms with Gasteiger partial charge in [-0.25, -0.2) is 0 Å². The molecule has 0 spiro atoms. The van der Waals surface area contributed by atoms with Crippen LogP contribution in [0.5, 0.6) is 0 Å². The molecule has 0 amide bonds. The number of hydrogen-bond donors (Lipinski definition) is 3. The molecule has 1 rings (SSSR count). The maximum absolute atomic E-state index is 8.82. The summed E-state index contributed by atoms with van der Waals surface area (Å²) in [6.07, 6.45) is 3.06. The molecule has 1 aliphatic heterocycles. The summed E-state index contributed by atoms with van der Waals surface area (Å²) < 4.78 is 0. The maximum Gasteiger partial charge on any atom is 0.469 e. The van der Waals surface area contributed by atoms with E-state index in [2.05, 4.69) is 6.92 Å². The van der Waals surface area contributed by atoms with Gasteiger partial charge >= 0.3 is 7.12 Å². The first-order chi connectivity index (χ1) is 7.40. The van der Waals surface area contributed by atoms with Gasteiger partial charge in [-0.05, 0) is 32.3 Å². The molecule has 0 radical (unpaired) electrons. The highest BCUT2D eigenvalue weighted by Gasteiger charge is 2.30. The van der Waals surface area contributed by atoms with Gasteiger partial charge in [0.05, 0.1) is 0 Å². The summed E-state index contributed by atoms with van der Waals surface area (Å²) in [4.78, 5) is 1.98. The highest BCUT2D eigenvalue weighted by Crippen LogP contribution is 2.14. The third kappa shape index (κ3) is 5.89. The topological polar surface area (TPSA) is 63.9 Å². The van der Waals surface area contributed by atoms with Crippen molar-refractivity contribution < 1.29 is 15.1 Å². The molecule has 0 aromatic carbocycles. The first-order valence-corrected chi connectivity index (χ1v) is 6.14. The van der Waals surface area contributed by atoms with Crippen LogP contribution in [-0.4, -0.2) is 53.5 Å². The standard InChI is InChI=1S/C5H12BNO2.C5H13BO/c1-7-4-2-3-5(7)6(8)9;1-4-5(2)6(3)7/h5,8-9H,2-4H2,1H3;5,7H,4H2,1-3H3. The molecule has 16 heavy (non-hydrogen) atoms. The largest absolute Gasteiger partial charge is 0.469 e. The second-order valence-electron chi connectivity index (χ2n) is 4.73. The molecule has 6 heteroatoms. The molecule has 0 aliphatic carbocycles. The minimum Gasteiger partial charge on any atom is -0.450 e. The summed E-state index contributed by atoms with van der Waals surface area (Å²) in [5.74, 6) is 0.435. The third-order valence-corrected chi connectivity index (χ3v) is 3.39. The van der Waals surface area contributed by atoms with Crippen molar-refractivity contribution in [1.82, 2.24) is 4.90 Å². The Labute approximate surface area is 99.9 Å². The van der Waals surface area contributed by atoms with E-state index >= 15 is 0 Å². The van der Waals surface area contributed by atoms with Crippen molar-refractivity contribution in [2.75, 3.05) is 13.6 Å². The fraction of sp³-hybridized carbons (Fsp3) is 1.00. The quantitative estimate of drug-likeness (QED) is 0.616. The first-order valence-electron chi connectivity index (χ1n) is 6.14. The summed E-state index contributed by atoms with van der Waals surface area (Å²) in [7, 11) is 0.759. The molecular formula is C10H25B2NO3. The van der Waals surface area contributed by atoms with Gasteiger partial charge in [-0.1, -0.05) is 27.1 Å². The molecule has 1 aliphatic rings. The predicted molar refractivity (Wildman–Crippen MR) is 69.4 cm³/mol. The van der Waals surface area contributed by atoms with E-state index in [0.717, 1.165) is 25.8 Å². The molecule has 0 aromatic heterocycles. The summed E-state index contributed by atoms with van der Waals surface area (Å²) in [6.45, 7) is 6.81. The average Bonchev–Trinajstić information content (AvgIpc) is 2.64. The van der Waals surface area contributed by atoms with E-state index in [1.165, 1.54) is 0 Å². The first kappa shape index (κ1) is 16.0. The van der Waals surface area contributed by atoms with Crippen molar-refractivity contribution in [3.63, 3.8) is 0 Å². The lowest BCUT2D eigenvalue weighted by molar-refractivity contribution is 0.297. The molecule has 0 saturated carbocycles. The van der Waals surface area contributed by atoms with Crippen LogP contribution < -0.4 is 0 Å². The monoisotopic (exact) mass is 229 g/mol. The molecule has 94 valence electrons. The number of nitrogens with zero attached hydrogens (tertiary/aromatic N) is 1. The molecule has 1 heterocycles. The summed E-state index contributed by atoms with van der Waals surface area (Å²) >= 11 is 0. The minimum absolute atomic E-state index is 0.0231. The molecule has 1 fully saturated rings. The molecule has 2 unspecified atom stereocenters. The van der Waals surface area contributed by atoms with Gasteiger partial charge in [0.1, 0.15) is 0 Å². The number of hydrogen-bond acceptors (Lipinski definition) is 4. The second kappa shape index (κ2) is 8.12.